The fourth-order valence-corrected chi connectivity index (χ4v) is 4.73. The van der Waals surface area contributed by atoms with Crippen molar-refractivity contribution in [3.63, 3.8) is 0 Å². The molecule has 0 aliphatic heterocycles. The number of hydrogen-bond donors (Lipinski definition) is 2. The molecule has 0 saturated heterocycles. The lowest BCUT2D eigenvalue weighted by atomic mass is 10.00. The summed E-state index contributed by atoms with van der Waals surface area (Å²) in [6, 6.07) is 26.0. The first-order valence-corrected chi connectivity index (χ1v) is 11.9. The van der Waals surface area contributed by atoms with Crippen LogP contribution in [-0.2, 0) is 6.42 Å². The van der Waals surface area contributed by atoms with E-state index in [0.717, 1.165) is 55.4 Å². The summed E-state index contributed by atoms with van der Waals surface area (Å²) in [5, 5.41) is 12.5. The van der Waals surface area contributed by atoms with Gasteiger partial charge in [0, 0.05) is 27.5 Å². The summed E-state index contributed by atoms with van der Waals surface area (Å²) in [5.74, 6) is 1.86. The van der Waals surface area contributed by atoms with Gasteiger partial charge in [0.25, 0.3) is 0 Å². The molecule has 0 unspecified atom stereocenters. The number of ether oxygens (including phenoxy) is 3. The number of rotatable bonds is 8. The number of aromatic nitrogens is 1. The van der Waals surface area contributed by atoms with Crippen LogP contribution >= 0.6 is 0 Å². The van der Waals surface area contributed by atoms with Gasteiger partial charge in [-0.2, -0.15) is 0 Å². The molecular formula is C30H27NO5. The summed E-state index contributed by atoms with van der Waals surface area (Å²) in [7, 11) is 1.63. The number of para-hydroxylation sites is 2. The molecule has 0 amide bonds. The molecule has 0 atom stereocenters. The number of carboxylic acid groups (broad SMARTS) is 1. The predicted octanol–water partition coefficient (Wildman–Crippen LogP) is 7.37. The Labute approximate surface area is 209 Å². The van der Waals surface area contributed by atoms with E-state index in [1.165, 1.54) is 0 Å². The minimum atomic E-state index is -1.36. The maximum Gasteiger partial charge on any atom is 0.512 e. The van der Waals surface area contributed by atoms with E-state index in [2.05, 4.69) is 29.2 Å². The highest BCUT2D eigenvalue weighted by atomic mass is 16.7. The van der Waals surface area contributed by atoms with E-state index in [1.807, 2.05) is 61.5 Å². The standard InChI is InChI=1S/C30H27NO5/c1-19-16-17-20-9-3-4-10-21(20)28(19)35-18-8-14-25-24-13-7-12-23(22-11-5-6-15-26(22)34-2)27(24)31-29(25)36-30(32)33/h3-7,9-13,15-17,31H,8,14,18H2,1-2H3,(H,32,33). The van der Waals surface area contributed by atoms with Crippen molar-refractivity contribution in [1.29, 1.82) is 0 Å². The van der Waals surface area contributed by atoms with Crippen LogP contribution < -0.4 is 14.2 Å². The summed E-state index contributed by atoms with van der Waals surface area (Å²) in [4.78, 5) is 14.6. The zero-order valence-corrected chi connectivity index (χ0v) is 20.2. The number of aryl methyl sites for hydroxylation is 2. The van der Waals surface area contributed by atoms with E-state index in [-0.39, 0.29) is 5.88 Å². The van der Waals surface area contributed by atoms with E-state index in [1.54, 1.807) is 7.11 Å². The van der Waals surface area contributed by atoms with Crippen LogP contribution in [0.4, 0.5) is 4.79 Å². The number of fused-ring (bicyclic) bond motifs is 2. The predicted molar refractivity (Wildman–Crippen MR) is 141 cm³/mol. The third-order valence-electron chi connectivity index (χ3n) is 6.38. The zero-order valence-electron chi connectivity index (χ0n) is 20.2. The third-order valence-corrected chi connectivity index (χ3v) is 6.38. The van der Waals surface area contributed by atoms with Gasteiger partial charge in [0.05, 0.1) is 19.2 Å². The highest BCUT2D eigenvalue weighted by Crippen LogP contribution is 2.39. The van der Waals surface area contributed by atoms with Crippen molar-refractivity contribution in [3.8, 4) is 28.5 Å². The van der Waals surface area contributed by atoms with Gasteiger partial charge in [-0.3, -0.25) is 0 Å². The molecule has 6 nitrogen and oxygen atoms in total. The molecule has 2 N–H and O–H groups in total. The molecule has 0 aliphatic carbocycles. The summed E-state index contributed by atoms with van der Waals surface area (Å²) in [6.07, 6.45) is -0.0870. The average molecular weight is 482 g/mol. The lowest BCUT2D eigenvalue weighted by Gasteiger charge is -2.12. The van der Waals surface area contributed by atoms with Crippen LogP contribution in [-0.4, -0.2) is 30.0 Å². The van der Waals surface area contributed by atoms with E-state index >= 15 is 0 Å². The first-order chi connectivity index (χ1) is 17.6. The maximum atomic E-state index is 11.4. The first kappa shape index (κ1) is 23.3. The molecule has 0 fully saturated rings. The lowest BCUT2D eigenvalue weighted by Crippen LogP contribution is -2.06. The Kier molecular flexibility index (Phi) is 6.50. The van der Waals surface area contributed by atoms with Gasteiger partial charge in [0.2, 0.25) is 5.88 Å². The van der Waals surface area contributed by atoms with Gasteiger partial charge in [-0.1, -0.05) is 72.8 Å². The van der Waals surface area contributed by atoms with Crippen molar-refractivity contribution in [2.24, 2.45) is 0 Å². The summed E-state index contributed by atoms with van der Waals surface area (Å²) < 4.78 is 16.9. The largest absolute Gasteiger partial charge is 0.512 e. The number of carbonyl (C=O) groups is 1. The number of benzene rings is 4. The van der Waals surface area contributed by atoms with Gasteiger partial charge in [0.15, 0.2) is 0 Å². The minimum absolute atomic E-state index is 0.237. The van der Waals surface area contributed by atoms with Crippen LogP contribution in [0.5, 0.6) is 17.4 Å². The van der Waals surface area contributed by atoms with Gasteiger partial charge in [-0.25, -0.2) is 4.79 Å². The van der Waals surface area contributed by atoms with E-state index in [4.69, 9.17) is 14.2 Å². The SMILES string of the molecule is COc1ccccc1-c1cccc2c(CCCOc3c(C)ccc4ccccc34)c(OC(=O)O)[nH]c12. The molecule has 182 valence electrons. The smallest absolute Gasteiger partial charge is 0.496 e. The van der Waals surface area contributed by atoms with Crippen LogP contribution in [0.25, 0.3) is 32.8 Å². The Hall–Kier alpha value is -4.45. The second kappa shape index (κ2) is 10.0. The van der Waals surface area contributed by atoms with Crippen LogP contribution in [0, 0.1) is 6.92 Å². The lowest BCUT2D eigenvalue weighted by molar-refractivity contribution is 0.142. The second-order valence-corrected chi connectivity index (χ2v) is 8.61. The van der Waals surface area contributed by atoms with Gasteiger partial charge < -0.3 is 24.3 Å². The summed E-state index contributed by atoms with van der Waals surface area (Å²) >= 11 is 0. The number of H-pyrrole nitrogens is 1. The van der Waals surface area contributed by atoms with Crippen LogP contribution in [0.3, 0.4) is 0 Å². The molecule has 1 heterocycles. The minimum Gasteiger partial charge on any atom is -0.496 e. The summed E-state index contributed by atoms with van der Waals surface area (Å²) in [6.45, 7) is 2.53. The molecule has 5 rings (SSSR count). The second-order valence-electron chi connectivity index (χ2n) is 8.61. The third kappa shape index (κ3) is 4.45. The number of aromatic amines is 1. The van der Waals surface area contributed by atoms with Crippen molar-refractivity contribution < 1.29 is 24.1 Å². The fraction of sp³-hybridized carbons (Fsp3) is 0.167. The molecule has 0 spiro atoms. The Morgan fingerprint density at radius 3 is 2.47 bits per heavy atom. The molecule has 36 heavy (non-hydrogen) atoms. The number of hydrogen-bond acceptors (Lipinski definition) is 4. The topological polar surface area (TPSA) is 80.8 Å². The van der Waals surface area contributed by atoms with E-state index in [9.17, 15) is 9.90 Å². The Morgan fingerprint density at radius 2 is 1.64 bits per heavy atom. The first-order valence-electron chi connectivity index (χ1n) is 11.9. The average Bonchev–Trinajstić information content (AvgIpc) is 3.23. The zero-order chi connectivity index (χ0) is 25.1. The van der Waals surface area contributed by atoms with Gasteiger partial charge in [-0.15, -0.1) is 0 Å². The van der Waals surface area contributed by atoms with Gasteiger partial charge in [-0.05, 0) is 36.8 Å². The number of nitrogens with one attached hydrogen (secondary N) is 1. The van der Waals surface area contributed by atoms with E-state index in [0.29, 0.717) is 19.4 Å². The Morgan fingerprint density at radius 1 is 0.889 bits per heavy atom. The van der Waals surface area contributed by atoms with Crippen molar-refractivity contribution in [1.82, 2.24) is 4.98 Å². The van der Waals surface area contributed by atoms with Crippen molar-refractivity contribution in [2.75, 3.05) is 13.7 Å². The molecule has 0 saturated carbocycles. The van der Waals surface area contributed by atoms with Crippen molar-refractivity contribution >= 4 is 27.8 Å². The molecule has 0 bridgehead atoms. The molecular weight excluding hydrogens is 454 g/mol. The van der Waals surface area contributed by atoms with E-state index < -0.39 is 6.16 Å². The highest BCUT2D eigenvalue weighted by molar-refractivity contribution is 5.99. The quantitative estimate of drug-likeness (QED) is 0.179. The van der Waals surface area contributed by atoms with Crippen LogP contribution in [0.1, 0.15) is 17.5 Å². The Bertz CT molecular complexity index is 1550. The molecule has 0 aliphatic rings. The maximum absolute atomic E-state index is 11.4. The van der Waals surface area contributed by atoms with Gasteiger partial charge >= 0.3 is 6.16 Å². The van der Waals surface area contributed by atoms with Gasteiger partial charge in [0.1, 0.15) is 11.5 Å². The van der Waals surface area contributed by atoms with Crippen molar-refractivity contribution in [2.45, 2.75) is 19.8 Å². The molecule has 0 radical (unpaired) electrons. The normalized spacial score (nSPS) is 11.1. The van der Waals surface area contributed by atoms with Crippen molar-refractivity contribution in [3.05, 3.63) is 90.0 Å². The van der Waals surface area contributed by atoms with Crippen LogP contribution in [0.15, 0.2) is 78.9 Å². The highest BCUT2D eigenvalue weighted by Gasteiger charge is 2.19. The number of methoxy groups -OCH3 is 1. The molecule has 6 heteroatoms. The Balaban J connectivity index is 1.44. The van der Waals surface area contributed by atoms with Crippen LogP contribution in [0.2, 0.25) is 0 Å². The summed E-state index contributed by atoms with van der Waals surface area (Å²) in [5.41, 5.74) is 4.52. The molecule has 5 aromatic rings. The molecule has 1 aromatic heterocycles. The fourth-order valence-electron chi connectivity index (χ4n) is 4.73. The molecule has 4 aromatic carbocycles. The monoisotopic (exact) mass is 481 g/mol.